The summed E-state index contributed by atoms with van der Waals surface area (Å²) in [4.78, 5) is 14.3. The number of nitrogens with one attached hydrogen (secondary N) is 1. The molecule has 114 valence electrons. The number of carbonyl (C=O) groups excluding carboxylic acids is 1. The normalized spacial score (nSPS) is 21.5. The minimum Gasteiger partial charge on any atom is -0.342 e. The van der Waals surface area contributed by atoms with Crippen LogP contribution in [-0.4, -0.2) is 37.0 Å². The van der Waals surface area contributed by atoms with E-state index in [0.29, 0.717) is 11.8 Å². The average Bonchev–Trinajstić information content (AvgIpc) is 2.49. The first-order valence-corrected chi connectivity index (χ1v) is 7.90. The zero-order chi connectivity index (χ0) is 14.7. The Hall–Kier alpha value is -1.42. The fourth-order valence-corrected chi connectivity index (χ4v) is 3.62. The molecule has 0 bridgehead atoms. The Morgan fingerprint density at radius 3 is 2.57 bits per heavy atom. The van der Waals surface area contributed by atoms with Gasteiger partial charge in [-0.15, -0.1) is 0 Å². The van der Waals surface area contributed by atoms with Gasteiger partial charge in [0.2, 0.25) is 5.91 Å². The monoisotopic (exact) mass is 290 g/mol. The summed E-state index contributed by atoms with van der Waals surface area (Å²) in [7, 11) is 0. The second-order valence-electron chi connectivity index (χ2n) is 6.44. The largest absolute Gasteiger partial charge is 0.342 e. The van der Waals surface area contributed by atoms with E-state index >= 15 is 0 Å². The summed E-state index contributed by atoms with van der Waals surface area (Å²) in [5.74, 6) is -0.142. The van der Waals surface area contributed by atoms with Gasteiger partial charge >= 0.3 is 0 Å². The molecular formula is C17H23FN2O. The number of likely N-dealkylation sites (tertiary alicyclic amines) is 1. The van der Waals surface area contributed by atoms with Gasteiger partial charge in [0.15, 0.2) is 0 Å². The van der Waals surface area contributed by atoms with Crippen LogP contribution in [0.15, 0.2) is 24.3 Å². The van der Waals surface area contributed by atoms with Crippen LogP contribution in [-0.2, 0) is 11.2 Å². The van der Waals surface area contributed by atoms with Crippen LogP contribution in [0.5, 0.6) is 0 Å². The molecule has 0 saturated carbocycles. The quantitative estimate of drug-likeness (QED) is 0.907. The first-order chi connectivity index (χ1) is 10.2. The van der Waals surface area contributed by atoms with Crippen molar-refractivity contribution in [2.45, 2.75) is 32.1 Å². The van der Waals surface area contributed by atoms with Gasteiger partial charge in [-0.3, -0.25) is 4.79 Å². The van der Waals surface area contributed by atoms with Gasteiger partial charge in [-0.05, 0) is 61.9 Å². The van der Waals surface area contributed by atoms with Gasteiger partial charge in [0, 0.05) is 13.1 Å². The van der Waals surface area contributed by atoms with E-state index in [1.54, 1.807) is 6.07 Å². The maximum atomic E-state index is 13.2. The Labute approximate surface area is 125 Å². The van der Waals surface area contributed by atoms with Crippen LogP contribution in [0, 0.1) is 11.2 Å². The fourth-order valence-electron chi connectivity index (χ4n) is 3.62. The Morgan fingerprint density at radius 1 is 1.19 bits per heavy atom. The van der Waals surface area contributed by atoms with Gasteiger partial charge in [0.05, 0.1) is 6.42 Å². The lowest BCUT2D eigenvalue weighted by molar-refractivity contribution is -0.133. The minimum atomic E-state index is -0.271. The Bertz CT molecular complexity index is 501. The predicted molar refractivity (Wildman–Crippen MR) is 80.5 cm³/mol. The molecule has 0 unspecified atom stereocenters. The predicted octanol–water partition coefficient (Wildman–Crippen LogP) is 2.36. The highest BCUT2D eigenvalue weighted by molar-refractivity contribution is 5.78. The highest BCUT2D eigenvalue weighted by Crippen LogP contribution is 2.39. The van der Waals surface area contributed by atoms with Gasteiger partial charge in [-0.25, -0.2) is 4.39 Å². The van der Waals surface area contributed by atoms with Crippen LogP contribution in [0.2, 0.25) is 0 Å². The minimum absolute atomic E-state index is 0.129. The molecule has 2 aliphatic heterocycles. The van der Waals surface area contributed by atoms with Gasteiger partial charge < -0.3 is 10.2 Å². The molecule has 0 aliphatic carbocycles. The SMILES string of the molecule is O=C(Cc1cccc(F)c1)N1CCC2(CCNCC2)CC1. The summed E-state index contributed by atoms with van der Waals surface area (Å²) in [6, 6.07) is 6.35. The standard InChI is InChI=1S/C17H23FN2O/c18-15-3-1-2-14(12-15)13-16(21)20-10-6-17(7-11-20)4-8-19-9-5-17/h1-3,12,19H,4-11,13H2. The molecule has 1 N–H and O–H groups in total. The fraction of sp³-hybridized carbons (Fsp3) is 0.588. The van der Waals surface area contributed by atoms with Gasteiger partial charge in [-0.2, -0.15) is 0 Å². The number of benzene rings is 1. The summed E-state index contributed by atoms with van der Waals surface area (Å²) >= 11 is 0. The van der Waals surface area contributed by atoms with Crippen molar-refractivity contribution in [3.63, 3.8) is 0 Å². The second kappa shape index (κ2) is 6.14. The molecule has 4 heteroatoms. The van der Waals surface area contributed by atoms with Crippen LogP contribution in [0.3, 0.4) is 0 Å². The summed E-state index contributed by atoms with van der Waals surface area (Å²) in [6.45, 7) is 3.93. The summed E-state index contributed by atoms with van der Waals surface area (Å²) in [5, 5.41) is 3.41. The molecule has 1 amide bonds. The maximum absolute atomic E-state index is 13.2. The van der Waals surface area contributed by atoms with Crippen molar-refractivity contribution < 1.29 is 9.18 Å². The van der Waals surface area contributed by atoms with E-state index in [9.17, 15) is 9.18 Å². The number of rotatable bonds is 2. The Balaban J connectivity index is 1.55. The molecule has 21 heavy (non-hydrogen) atoms. The number of carbonyl (C=O) groups is 1. The molecule has 2 heterocycles. The van der Waals surface area contributed by atoms with Gasteiger partial charge in [0.1, 0.15) is 5.82 Å². The lowest BCUT2D eigenvalue weighted by Gasteiger charge is -2.44. The number of piperidine rings is 2. The summed E-state index contributed by atoms with van der Waals surface area (Å²) < 4.78 is 13.2. The van der Waals surface area contributed by atoms with E-state index < -0.39 is 0 Å². The molecule has 2 aliphatic rings. The summed E-state index contributed by atoms with van der Waals surface area (Å²) in [6.07, 6.45) is 5.01. The number of amides is 1. The molecule has 2 saturated heterocycles. The van der Waals surface area contributed by atoms with Gasteiger partial charge in [0.25, 0.3) is 0 Å². The van der Waals surface area contributed by atoms with Crippen LogP contribution in [0.25, 0.3) is 0 Å². The number of halogens is 1. The molecule has 1 spiro atoms. The molecule has 2 fully saturated rings. The third-order valence-corrected chi connectivity index (χ3v) is 5.09. The Kier molecular flexibility index (Phi) is 4.24. The van der Waals surface area contributed by atoms with Crippen molar-refractivity contribution in [1.29, 1.82) is 0 Å². The molecule has 0 aromatic heterocycles. The molecular weight excluding hydrogens is 267 g/mol. The van der Waals surface area contributed by atoms with Crippen molar-refractivity contribution in [3.8, 4) is 0 Å². The van der Waals surface area contributed by atoms with Crippen molar-refractivity contribution in [2.75, 3.05) is 26.2 Å². The van der Waals surface area contributed by atoms with Crippen LogP contribution in [0.4, 0.5) is 4.39 Å². The smallest absolute Gasteiger partial charge is 0.226 e. The highest BCUT2D eigenvalue weighted by Gasteiger charge is 2.36. The average molecular weight is 290 g/mol. The zero-order valence-corrected chi connectivity index (χ0v) is 12.4. The highest BCUT2D eigenvalue weighted by atomic mass is 19.1. The topological polar surface area (TPSA) is 32.3 Å². The van der Waals surface area contributed by atoms with Crippen molar-refractivity contribution in [2.24, 2.45) is 5.41 Å². The molecule has 1 aromatic rings. The lowest BCUT2D eigenvalue weighted by atomic mass is 9.71. The lowest BCUT2D eigenvalue weighted by Crippen LogP contribution is -2.47. The van der Waals surface area contributed by atoms with E-state index in [0.717, 1.165) is 44.6 Å². The Morgan fingerprint density at radius 2 is 1.90 bits per heavy atom. The van der Waals surface area contributed by atoms with Crippen LogP contribution >= 0.6 is 0 Å². The molecule has 3 nitrogen and oxygen atoms in total. The molecule has 0 radical (unpaired) electrons. The van der Waals surface area contributed by atoms with Crippen molar-refractivity contribution >= 4 is 5.91 Å². The van der Waals surface area contributed by atoms with E-state index in [-0.39, 0.29) is 11.7 Å². The van der Waals surface area contributed by atoms with Crippen molar-refractivity contribution in [3.05, 3.63) is 35.6 Å². The van der Waals surface area contributed by atoms with E-state index in [2.05, 4.69) is 5.32 Å². The number of hydrogen-bond donors (Lipinski definition) is 1. The van der Waals surface area contributed by atoms with E-state index in [4.69, 9.17) is 0 Å². The van der Waals surface area contributed by atoms with Crippen LogP contribution < -0.4 is 5.32 Å². The molecule has 1 aromatic carbocycles. The first kappa shape index (κ1) is 14.5. The number of hydrogen-bond acceptors (Lipinski definition) is 2. The van der Waals surface area contributed by atoms with E-state index in [1.807, 2.05) is 11.0 Å². The van der Waals surface area contributed by atoms with Gasteiger partial charge in [-0.1, -0.05) is 12.1 Å². The third-order valence-electron chi connectivity index (χ3n) is 5.09. The first-order valence-electron chi connectivity index (χ1n) is 7.90. The zero-order valence-electron chi connectivity index (χ0n) is 12.4. The van der Waals surface area contributed by atoms with Crippen LogP contribution in [0.1, 0.15) is 31.2 Å². The van der Waals surface area contributed by atoms with E-state index in [1.165, 1.54) is 25.0 Å². The number of nitrogens with zero attached hydrogens (tertiary/aromatic N) is 1. The second-order valence-corrected chi connectivity index (χ2v) is 6.44. The molecule has 0 atom stereocenters. The third kappa shape index (κ3) is 3.43. The summed E-state index contributed by atoms with van der Waals surface area (Å²) in [5.41, 5.74) is 1.23. The maximum Gasteiger partial charge on any atom is 0.226 e. The molecule has 3 rings (SSSR count). The van der Waals surface area contributed by atoms with Crippen molar-refractivity contribution in [1.82, 2.24) is 10.2 Å².